The number of carbonyl (C=O) groups excluding carboxylic acids is 2. The van der Waals surface area contributed by atoms with Crippen LogP contribution in [0.2, 0.25) is 0 Å². The van der Waals surface area contributed by atoms with Crippen molar-refractivity contribution in [3.63, 3.8) is 0 Å². The molecule has 0 radical (unpaired) electrons. The molecule has 3 aliphatic heterocycles. The molecule has 242 valence electrons. The normalized spacial score (nSPS) is 16.8. The summed E-state index contributed by atoms with van der Waals surface area (Å²) >= 11 is 0. The number of hydrogen-bond donors (Lipinski definition) is 0. The molecule has 0 aliphatic carbocycles. The summed E-state index contributed by atoms with van der Waals surface area (Å²) in [5, 5.41) is 0. The number of unbranched alkanes of at least 4 members (excludes halogenated alkanes) is 2. The fourth-order valence-corrected chi connectivity index (χ4v) is 6.11. The van der Waals surface area contributed by atoms with E-state index in [9.17, 15) is 9.59 Å². The van der Waals surface area contributed by atoms with E-state index in [1.165, 1.54) is 44.9 Å². The molecule has 0 saturated carbocycles. The van der Waals surface area contributed by atoms with Crippen molar-refractivity contribution in [3.8, 4) is 11.5 Å². The molecule has 2 atom stereocenters. The first-order chi connectivity index (χ1) is 21.3. The number of ketones is 1. The molecule has 3 saturated heterocycles. The Morgan fingerprint density at radius 3 is 1.73 bits per heavy atom. The molecule has 0 aromatic heterocycles. The van der Waals surface area contributed by atoms with E-state index in [1.807, 2.05) is 25.1 Å². The standard InChI is InChI=1S/C23H33NO2.C16H24O2/c1-4-6-7-18(5-2)16-26-22-9-8-19(14-17(22)3)15-21-23(25)20-10-12-24(21)13-11-20;1-4-6-7-14(5-2)12-18-16-9-8-15(11-17)10-13(16)3/h8-9,14-15,18,20H,4-7,10-13,16H2,1-3H3;8-11,14H,4-7,12H2,1-3H3/b21-15-;. The molecule has 3 heterocycles. The summed E-state index contributed by atoms with van der Waals surface area (Å²) < 4.78 is 12.0. The number of fused-ring (bicyclic) bond motifs is 3. The van der Waals surface area contributed by atoms with Gasteiger partial charge in [-0.25, -0.2) is 0 Å². The molecular formula is C39H57NO4. The Morgan fingerprint density at radius 1 is 0.795 bits per heavy atom. The maximum atomic E-state index is 12.5. The van der Waals surface area contributed by atoms with Crippen LogP contribution in [0.1, 0.15) is 119 Å². The van der Waals surface area contributed by atoms with Crippen LogP contribution in [0.15, 0.2) is 42.1 Å². The van der Waals surface area contributed by atoms with Gasteiger partial charge >= 0.3 is 0 Å². The van der Waals surface area contributed by atoms with Crippen LogP contribution in [-0.4, -0.2) is 43.3 Å². The van der Waals surface area contributed by atoms with Crippen molar-refractivity contribution in [1.82, 2.24) is 4.90 Å². The maximum absolute atomic E-state index is 12.5. The Labute approximate surface area is 267 Å². The fraction of sp³-hybridized carbons (Fsp3) is 0.590. The van der Waals surface area contributed by atoms with Crippen molar-refractivity contribution >= 4 is 18.1 Å². The Morgan fingerprint density at radius 2 is 1.30 bits per heavy atom. The number of carbonyl (C=O) groups is 2. The van der Waals surface area contributed by atoms with Gasteiger partial charge in [0, 0.05) is 24.6 Å². The molecule has 0 N–H and O–H groups in total. The lowest BCUT2D eigenvalue weighted by Gasteiger charge is -2.41. The van der Waals surface area contributed by atoms with Gasteiger partial charge in [0.15, 0.2) is 5.78 Å². The number of benzene rings is 2. The third-order valence-corrected chi connectivity index (χ3v) is 9.33. The summed E-state index contributed by atoms with van der Waals surface area (Å²) in [4.78, 5) is 25.4. The number of aryl methyl sites for hydroxylation is 2. The first-order valence-electron chi connectivity index (χ1n) is 17.3. The molecule has 44 heavy (non-hydrogen) atoms. The third kappa shape index (κ3) is 10.5. The van der Waals surface area contributed by atoms with Crippen LogP contribution in [-0.2, 0) is 4.79 Å². The van der Waals surface area contributed by atoms with Crippen molar-refractivity contribution in [1.29, 1.82) is 0 Å². The monoisotopic (exact) mass is 603 g/mol. The predicted molar refractivity (Wildman–Crippen MR) is 183 cm³/mol. The van der Waals surface area contributed by atoms with Gasteiger partial charge in [-0.2, -0.15) is 0 Å². The van der Waals surface area contributed by atoms with Crippen LogP contribution in [0.25, 0.3) is 6.08 Å². The van der Waals surface area contributed by atoms with E-state index >= 15 is 0 Å². The van der Waals surface area contributed by atoms with Crippen molar-refractivity contribution in [2.24, 2.45) is 17.8 Å². The number of Topliss-reactive ketones (excluding diaryl/α,β-unsaturated/α-hetero) is 1. The molecular weight excluding hydrogens is 546 g/mol. The number of piperidine rings is 3. The molecule has 2 aromatic rings. The van der Waals surface area contributed by atoms with Gasteiger partial charge in [-0.05, 0) is 104 Å². The minimum absolute atomic E-state index is 0.254. The highest BCUT2D eigenvalue weighted by Gasteiger charge is 2.36. The largest absolute Gasteiger partial charge is 0.493 e. The molecule has 3 aliphatic rings. The topological polar surface area (TPSA) is 55.8 Å². The molecule has 2 aromatic carbocycles. The minimum Gasteiger partial charge on any atom is -0.493 e. The summed E-state index contributed by atoms with van der Waals surface area (Å²) in [5.74, 6) is 3.73. The number of aldehydes is 1. The van der Waals surface area contributed by atoms with E-state index in [2.05, 4.69) is 63.8 Å². The summed E-state index contributed by atoms with van der Waals surface area (Å²) in [6, 6.07) is 11.9. The van der Waals surface area contributed by atoms with E-state index in [0.717, 1.165) is 85.7 Å². The Hall–Kier alpha value is -3.08. The molecule has 3 fully saturated rings. The van der Waals surface area contributed by atoms with E-state index < -0.39 is 0 Å². The van der Waals surface area contributed by atoms with E-state index in [0.29, 0.717) is 23.2 Å². The molecule has 2 unspecified atom stereocenters. The number of ether oxygens (including phenoxy) is 2. The quantitative estimate of drug-likeness (QED) is 0.141. The van der Waals surface area contributed by atoms with Crippen LogP contribution in [0, 0.1) is 31.6 Å². The number of hydrogen-bond acceptors (Lipinski definition) is 5. The van der Waals surface area contributed by atoms with Crippen molar-refractivity contribution < 1.29 is 19.1 Å². The first kappa shape index (κ1) is 35.4. The predicted octanol–water partition coefficient (Wildman–Crippen LogP) is 9.63. The van der Waals surface area contributed by atoms with Crippen molar-refractivity contribution in [2.75, 3.05) is 26.3 Å². The Bertz CT molecular complexity index is 1210. The van der Waals surface area contributed by atoms with Gasteiger partial charge in [-0.3, -0.25) is 9.59 Å². The number of allylic oxidation sites excluding steroid dienone is 1. The van der Waals surface area contributed by atoms with E-state index in [4.69, 9.17) is 9.47 Å². The smallest absolute Gasteiger partial charge is 0.182 e. The van der Waals surface area contributed by atoms with Gasteiger partial charge in [-0.15, -0.1) is 0 Å². The van der Waals surface area contributed by atoms with Crippen LogP contribution >= 0.6 is 0 Å². The Balaban J connectivity index is 0.000000259. The van der Waals surface area contributed by atoms with Gasteiger partial charge in [0.05, 0.1) is 18.9 Å². The van der Waals surface area contributed by atoms with Crippen molar-refractivity contribution in [2.45, 2.75) is 106 Å². The summed E-state index contributed by atoms with van der Waals surface area (Å²) in [7, 11) is 0. The number of rotatable bonds is 16. The zero-order valence-corrected chi connectivity index (χ0v) is 28.3. The van der Waals surface area contributed by atoms with Crippen LogP contribution in [0.3, 0.4) is 0 Å². The third-order valence-electron chi connectivity index (χ3n) is 9.33. The SMILES string of the molecule is CCCCC(CC)COc1ccc(/C=C2/C(=O)C3CCN2CC3)cc1C.CCCCC(CC)COc1ccc(C=O)cc1C. The highest BCUT2D eigenvalue weighted by Crippen LogP contribution is 2.33. The van der Waals surface area contributed by atoms with Crippen LogP contribution in [0.4, 0.5) is 0 Å². The van der Waals surface area contributed by atoms with E-state index in [1.54, 1.807) is 0 Å². The second-order valence-corrected chi connectivity index (χ2v) is 12.8. The Kier molecular flexibility index (Phi) is 15.0. The lowest BCUT2D eigenvalue weighted by atomic mass is 9.84. The van der Waals surface area contributed by atoms with Gasteiger partial charge in [0.25, 0.3) is 0 Å². The summed E-state index contributed by atoms with van der Waals surface area (Å²) in [6.45, 7) is 16.6. The highest BCUT2D eigenvalue weighted by molar-refractivity contribution is 6.01. The highest BCUT2D eigenvalue weighted by atomic mass is 16.5. The van der Waals surface area contributed by atoms with Gasteiger partial charge in [-0.1, -0.05) is 72.3 Å². The van der Waals surface area contributed by atoms with Gasteiger partial charge in [0.1, 0.15) is 17.8 Å². The second kappa shape index (κ2) is 18.7. The molecule has 5 rings (SSSR count). The zero-order valence-electron chi connectivity index (χ0n) is 28.3. The first-order valence-corrected chi connectivity index (χ1v) is 17.3. The zero-order chi connectivity index (χ0) is 31.9. The molecule has 2 bridgehead atoms. The molecule has 0 spiro atoms. The maximum Gasteiger partial charge on any atom is 0.182 e. The number of nitrogens with zero attached hydrogens (tertiary/aromatic N) is 1. The average Bonchev–Trinajstić information content (AvgIpc) is 3.04. The van der Waals surface area contributed by atoms with Crippen LogP contribution in [0.5, 0.6) is 11.5 Å². The van der Waals surface area contributed by atoms with E-state index in [-0.39, 0.29) is 5.92 Å². The van der Waals surface area contributed by atoms with Crippen molar-refractivity contribution in [3.05, 3.63) is 64.3 Å². The van der Waals surface area contributed by atoms with Crippen LogP contribution < -0.4 is 9.47 Å². The second-order valence-electron chi connectivity index (χ2n) is 12.8. The summed E-state index contributed by atoms with van der Waals surface area (Å²) in [6.07, 6.45) is 14.8. The molecule has 0 amide bonds. The molecule has 5 nitrogen and oxygen atoms in total. The minimum atomic E-state index is 0.254. The lowest BCUT2D eigenvalue weighted by Crippen LogP contribution is -2.45. The van der Waals surface area contributed by atoms with Gasteiger partial charge < -0.3 is 14.4 Å². The fourth-order valence-electron chi connectivity index (χ4n) is 6.11. The van der Waals surface area contributed by atoms with Gasteiger partial charge in [0.2, 0.25) is 0 Å². The summed E-state index contributed by atoms with van der Waals surface area (Å²) in [5.41, 5.74) is 4.89. The average molecular weight is 604 g/mol. The molecule has 5 heteroatoms. The lowest BCUT2D eigenvalue weighted by molar-refractivity contribution is -0.125.